The van der Waals surface area contributed by atoms with Gasteiger partial charge < -0.3 is 14.6 Å². The first-order valence-electron chi connectivity index (χ1n) is 9.04. The molecule has 0 saturated carbocycles. The fourth-order valence-electron chi connectivity index (χ4n) is 3.70. The van der Waals surface area contributed by atoms with Crippen molar-refractivity contribution in [2.75, 3.05) is 20.1 Å². The van der Waals surface area contributed by atoms with Gasteiger partial charge in [-0.3, -0.25) is 0 Å². The van der Waals surface area contributed by atoms with Gasteiger partial charge in [0.1, 0.15) is 11.8 Å². The fourth-order valence-corrected chi connectivity index (χ4v) is 3.70. The molecule has 4 heterocycles. The van der Waals surface area contributed by atoms with Crippen molar-refractivity contribution in [3.8, 4) is 17.3 Å². The van der Waals surface area contributed by atoms with Crippen LogP contribution in [0.25, 0.3) is 27.9 Å². The fraction of sp³-hybridized carbons (Fsp3) is 0.300. The second-order valence-electron chi connectivity index (χ2n) is 7.00. The van der Waals surface area contributed by atoms with Gasteiger partial charge in [-0.15, -0.1) is 5.10 Å². The number of piperidine rings is 1. The number of aromatic amines is 1. The number of imidazole rings is 1. The van der Waals surface area contributed by atoms with E-state index in [0.717, 1.165) is 48.5 Å². The van der Waals surface area contributed by atoms with Gasteiger partial charge in [0, 0.05) is 23.5 Å². The first-order chi connectivity index (χ1) is 12.8. The van der Waals surface area contributed by atoms with Crippen molar-refractivity contribution in [3.05, 3.63) is 48.7 Å². The summed E-state index contributed by atoms with van der Waals surface area (Å²) in [7, 11) is 2.13. The molecule has 132 valence electrons. The molecule has 0 spiro atoms. The molecular formula is C20H21N5O. The summed E-state index contributed by atoms with van der Waals surface area (Å²) < 4.78 is 8.00. The number of hydrogen-bond acceptors (Lipinski definition) is 4. The Morgan fingerprint density at radius 1 is 1.19 bits per heavy atom. The van der Waals surface area contributed by atoms with Gasteiger partial charge in [-0.2, -0.15) is 0 Å². The molecule has 1 aromatic carbocycles. The minimum atomic E-state index is 0.193. The maximum atomic E-state index is 6.14. The zero-order valence-electron chi connectivity index (χ0n) is 14.7. The number of ether oxygens (including phenoxy) is 1. The Balaban J connectivity index is 1.50. The monoisotopic (exact) mass is 347 g/mol. The lowest BCUT2D eigenvalue weighted by Gasteiger charge is -2.29. The van der Waals surface area contributed by atoms with Crippen LogP contribution in [-0.4, -0.2) is 50.7 Å². The van der Waals surface area contributed by atoms with Crippen LogP contribution in [0.4, 0.5) is 0 Å². The van der Waals surface area contributed by atoms with Gasteiger partial charge in [0.25, 0.3) is 0 Å². The lowest BCUT2D eigenvalue weighted by atomic mass is 10.1. The molecule has 0 aliphatic carbocycles. The van der Waals surface area contributed by atoms with E-state index >= 15 is 0 Å². The van der Waals surface area contributed by atoms with E-state index in [1.54, 1.807) is 0 Å². The molecule has 5 rings (SSSR count). The number of fused-ring (bicyclic) bond motifs is 2. The molecule has 0 amide bonds. The number of benzene rings is 1. The lowest BCUT2D eigenvalue weighted by Crippen LogP contribution is -2.38. The molecule has 6 nitrogen and oxygen atoms in total. The molecule has 26 heavy (non-hydrogen) atoms. The molecule has 6 heteroatoms. The van der Waals surface area contributed by atoms with Crippen molar-refractivity contribution in [1.82, 2.24) is 24.5 Å². The molecule has 1 unspecified atom stereocenters. The average Bonchev–Trinajstić information content (AvgIpc) is 3.25. The van der Waals surface area contributed by atoms with Crippen LogP contribution in [0, 0.1) is 0 Å². The van der Waals surface area contributed by atoms with E-state index in [-0.39, 0.29) is 6.10 Å². The molecule has 1 aliphatic heterocycles. The van der Waals surface area contributed by atoms with Gasteiger partial charge >= 0.3 is 0 Å². The molecule has 1 saturated heterocycles. The highest BCUT2D eigenvalue weighted by Crippen LogP contribution is 2.25. The normalized spacial score (nSPS) is 18.6. The van der Waals surface area contributed by atoms with Crippen molar-refractivity contribution in [2.45, 2.75) is 18.9 Å². The van der Waals surface area contributed by atoms with Gasteiger partial charge in [0.2, 0.25) is 5.88 Å². The molecule has 3 aromatic heterocycles. The Morgan fingerprint density at radius 2 is 2.12 bits per heavy atom. The van der Waals surface area contributed by atoms with E-state index in [9.17, 15) is 0 Å². The van der Waals surface area contributed by atoms with Crippen LogP contribution in [-0.2, 0) is 0 Å². The predicted octanol–water partition coefficient (Wildman–Crippen LogP) is 3.35. The van der Waals surface area contributed by atoms with Crippen LogP contribution in [0.2, 0.25) is 0 Å². The first-order valence-corrected chi connectivity index (χ1v) is 9.04. The third-order valence-electron chi connectivity index (χ3n) is 5.01. The maximum Gasteiger partial charge on any atom is 0.232 e. The summed E-state index contributed by atoms with van der Waals surface area (Å²) in [5, 5.41) is 5.87. The van der Waals surface area contributed by atoms with Crippen LogP contribution in [0.3, 0.4) is 0 Å². The molecule has 1 atom stereocenters. The summed E-state index contributed by atoms with van der Waals surface area (Å²) >= 11 is 0. The first kappa shape index (κ1) is 15.4. The third-order valence-corrected chi connectivity index (χ3v) is 5.01. The zero-order valence-corrected chi connectivity index (χ0v) is 14.7. The highest BCUT2D eigenvalue weighted by Gasteiger charge is 2.19. The highest BCUT2D eigenvalue weighted by molar-refractivity contribution is 5.85. The summed E-state index contributed by atoms with van der Waals surface area (Å²) in [6, 6.07) is 14.2. The Hall–Kier alpha value is -2.86. The lowest BCUT2D eigenvalue weighted by molar-refractivity contribution is 0.0988. The number of nitrogens with zero attached hydrogens (tertiary/aromatic N) is 4. The number of hydrogen-bond donors (Lipinski definition) is 1. The largest absolute Gasteiger partial charge is 0.472 e. The predicted molar refractivity (Wildman–Crippen MR) is 101 cm³/mol. The molecule has 0 radical (unpaired) electrons. The van der Waals surface area contributed by atoms with Crippen LogP contribution in [0.1, 0.15) is 12.8 Å². The van der Waals surface area contributed by atoms with Gasteiger partial charge in [-0.1, -0.05) is 18.2 Å². The number of H-pyrrole nitrogens is 1. The molecule has 1 fully saturated rings. The summed E-state index contributed by atoms with van der Waals surface area (Å²) in [6.45, 7) is 2.08. The number of likely N-dealkylation sites (tertiary alicyclic amines) is 1. The summed E-state index contributed by atoms with van der Waals surface area (Å²) in [5.41, 5.74) is 3.85. The Labute approximate surface area is 151 Å². The summed E-state index contributed by atoms with van der Waals surface area (Å²) in [5.74, 6) is 0.646. The molecule has 1 aliphatic rings. The van der Waals surface area contributed by atoms with Crippen molar-refractivity contribution >= 4 is 16.6 Å². The second-order valence-corrected chi connectivity index (χ2v) is 7.00. The van der Waals surface area contributed by atoms with E-state index in [0.29, 0.717) is 5.88 Å². The van der Waals surface area contributed by atoms with Gasteiger partial charge in [0.15, 0.2) is 5.65 Å². The van der Waals surface area contributed by atoms with Crippen molar-refractivity contribution in [1.29, 1.82) is 0 Å². The second kappa shape index (κ2) is 6.14. The summed E-state index contributed by atoms with van der Waals surface area (Å²) in [4.78, 5) is 10.2. The number of likely N-dealkylation sites (N-methyl/N-ethyl adjacent to an activating group) is 1. The minimum Gasteiger partial charge on any atom is -0.472 e. The van der Waals surface area contributed by atoms with E-state index in [1.165, 1.54) is 5.39 Å². The van der Waals surface area contributed by atoms with E-state index in [4.69, 9.17) is 9.84 Å². The van der Waals surface area contributed by atoms with Crippen molar-refractivity contribution in [3.63, 3.8) is 0 Å². The Morgan fingerprint density at radius 3 is 3.00 bits per heavy atom. The summed E-state index contributed by atoms with van der Waals surface area (Å²) in [6.07, 6.45) is 4.28. The number of aromatic nitrogens is 4. The Bertz CT molecular complexity index is 1030. The van der Waals surface area contributed by atoms with Crippen molar-refractivity contribution < 1.29 is 4.74 Å². The smallest absolute Gasteiger partial charge is 0.232 e. The molecule has 0 bridgehead atoms. The number of rotatable bonds is 3. The standard InChI is InChI=1S/C20H21N5O/c1-24-10-4-6-15(13-24)26-20-9-8-19-21-12-18(25(19)23-20)17-11-14-5-2-3-7-16(14)22-17/h2-3,5,7-9,11-12,15,22H,4,6,10,13H2,1H3. The average molecular weight is 347 g/mol. The van der Waals surface area contributed by atoms with Crippen LogP contribution in [0.15, 0.2) is 48.7 Å². The van der Waals surface area contributed by atoms with Gasteiger partial charge in [-0.05, 0) is 44.6 Å². The quantitative estimate of drug-likeness (QED) is 0.617. The maximum absolute atomic E-state index is 6.14. The van der Waals surface area contributed by atoms with E-state index in [1.807, 2.05) is 35.0 Å². The SMILES string of the molecule is CN1CCCC(Oc2ccc3ncc(-c4cc5ccccc5[nH]4)n3n2)C1. The minimum absolute atomic E-state index is 0.193. The van der Waals surface area contributed by atoms with Crippen molar-refractivity contribution in [2.24, 2.45) is 0 Å². The number of nitrogens with one attached hydrogen (secondary N) is 1. The highest BCUT2D eigenvalue weighted by atomic mass is 16.5. The van der Waals surface area contributed by atoms with E-state index in [2.05, 4.69) is 40.1 Å². The zero-order chi connectivity index (χ0) is 17.5. The van der Waals surface area contributed by atoms with Crippen LogP contribution < -0.4 is 4.74 Å². The van der Waals surface area contributed by atoms with Gasteiger partial charge in [-0.25, -0.2) is 9.50 Å². The topological polar surface area (TPSA) is 58.5 Å². The van der Waals surface area contributed by atoms with Crippen LogP contribution >= 0.6 is 0 Å². The van der Waals surface area contributed by atoms with Crippen LogP contribution in [0.5, 0.6) is 5.88 Å². The number of para-hydroxylation sites is 1. The molecule has 4 aromatic rings. The van der Waals surface area contributed by atoms with Gasteiger partial charge in [0.05, 0.1) is 11.9 Å². The molecular weight excluding hydrogens is 326 g/mol. The molecule has 1 N–H and O–H groups in total. The van der Waals surface area contributed by atoms with E-state index < -0.39 is 0 Å². The Kier molecular flexibility index (Phi) is 3.64. The third kappa shape index (κ3) is 2.72.